The Labute approximate surface area is 125 Å². The summed E-state index contributed by atoms with van der Waals surface area (Å²) >= 11 is 1.26. The molecule has 8 heteroatoms. The van der Waals surface area contributed by atoms with Gasteiger partial charge >= 0.3 is 12.0 Å². The van der Waals surface area contributed by atoms with Crippen LogP contribution in [0.15, 0.2) is 17.5 Å². The first-order valence-corrected chi connectivity index (χ1v) is 7.54. The molecule has 7 nitrogen and oxygen atoms in total. The van der Waals surface area contributed by atoms with Crippen molar-refractivity contribution in [1.29, 1.82) is 0 Å². The minimum Gasteiger partial charge on any atom is -0.479 e. The molecule has 21 heavy (non-hydrogen) atoms. The standard InChI is InChI=1S/C13H17N3O4S/c17-11(8-3-4-8)14-5-6-15-13(20)16-10(12(18)19)9-2-1-7-21-9/h1-2,7-8,10H,3-6H2,(H,14,17)(H,18,19)(H2,15,16,20). The van der Waals surface area contributed by atoms with Crippen LogP contribution >= 0.6 is 11.3 Å². The second-order valence-corrected chi connectivity index (χ2v) is 5.73. The van der Waals surface area contributed by atoms with Crippen molar-refractivity contribution in [3.05, 3.63) is 22.4 Å². The second kappa shape index (κ2) is 7.07. The molecule has 1 aliphatic carbocycles. The zero-order valence-electron chi connectivity index (χ0n) is 11.3. The topological polar surface area (TPSA) is 108 Å². The van der Waals surface area contributed by atoms with E-state index in [1.54, 1.807) is 17.5 Å². The van der Waals surface area contributed by atoms with Gasteiger partial charge in [0.05, 0.1) is 0 Å². The lowest BCUT2D eigenvalue weighted by molar-refractivity contribution is -0.139. The molecule has 0 saturated heterocycles. The molecule has 1 fully saturated rings. The molecule has 114 valence electrons. The summed E-state index contributed by atoms with van der Waals surface area (Å²) in [6.45, 7) is 0.584. The van der Waals surface area contributed by atoms with Crippen LogP contribution in [0.3, 0.4) is 0 Å². The third-order valence-corrected chi connectivity index (χ3v) is 3.95. The van der Waals surface area contributed by atoms with E-state index in [1.807, 2.05) is 0 Å². The summed E-state index contributed by atoms with van der Waals surface area (Å²) in [7, 11) is 0. The van der Waals surface area contributed by atoms with Gasteiger partial charge < -0.3 is 21.1 Å². The van der Waals surface area contributed by atoms with Crippen LogP contribution in [-0.2, 0) is 9.59 Å². The molecule has 0 bridgehead atoms. The summed E-state index contributed by atoms with van der Waals surface area (Å²) in [6, 6.07) is 1.74. The van der Waals surface area contributed by atoms with E-state index in [1.165, 1.54) is 11.3 Å². The van der Waals surface area contributed by atoms with Crippen molar-refractivity contribution >= 4 is 29.2 Å². The molecular formula is C13H17N3O4S. The van der Waals surface area contributed by atoms with Crippen molar-refractivity contribution in [1.82, 2.24) is 16.0 Å². The molecule has 1 heterocycles. The molecule has 0 aromatic carbocycles. The first-order valence-electron chi connectivity index (χ1n) is 6.66. The number of carbonyl (C=O) groups is 3. The van der Waals surface area contributed by atoms with Crippen molar-refractivity contribution in [3.63, 3.8) is 0 Å². The van der Waals surface area contributed by atoms with Gasteiger partial charge in [-0.2, -0.15) is 0 Å². The van der Waals surface area contributed by atoms with Gasteiger partial charge in [-0.1, -0.05) is 6.07 Å². The highest BCUT2D eigenvalue weighted by molar-refractivity contribution is 7.10. The van der Waals surface area contributed by atoms with Crippen LogP contribution in [-0.4, -0.2) is 36.1 Å². The monoisotopic (exact) mass is 311 g/mol. The van der Waals surface area contributed by atoms with E-state index in [0.29, 0.717) is 11.4 Å². The third kappa shape index (κ3) is 4.75. The highest BCUT2D eigenvalue weighted by Gasteiger charge is 2.29. The Hall–Kier alpha value is -2.09. The second-order valence-electron chi connectivity index (χ2n) is 4.75. The number of thiophene rings is 1. The van der Waals surface area contributed by atoms with Crippen LogP contribution in [0, 0.1) is 5.92 Å². The normalized spacial score (nSPS) is 15.0. The van der Waals surface area contributed by atoms with Gasteiger partial charge in [-0.05, 0) is 24.3 Å². The minimum atomic E-state index is -1.12. The fourth-order valence-electron chi connectivity index (χ4n) is 1.74. The molecule has 1 aliphatic rings. The predicted octanol–water partition coefficient (Wildman–Crippen LogP) is 0.699. The Morgan fingerprint density at radius 1 is 1.29 bits per heavy atom. The third-order valence-electron chi connectivity index (χ3n) is 3.01. The van der Waals surface area contributed by atoms with E-state index < -0.39 is 18.0 Å². The van der Waals surface area contributed by atoms with Gasteiger partial charge in [-0.25, -0.2) is 9.59 Å². The van der Waals surface area contributed by atoms with E-state index in [0.717, 1.165) is 12.8 Å². The molecule has 3 amide bonds. The Morgan fingerprint density at radius 3 is 2.57 bits per heavy atom. The number of carbonyl (C=O) groups excluding carboxylic acids is 2. The molecule has 4 N–H and O–H groups in total. The number of amides is 3. The van der Waals surface area contributed by atoms with Crippen molar-refractivity contribution in [2.24, 2.45) is 5.92 Å². The van der Waals surface area contributed by atoms with Gasteiger partial charge in [0, 0.05) is 23.9 Å². The first kappa shape index (κ1) is 15.3. The lowest BCUT2D eigenvalue weighted by atomic mass is 10.2. The molecule has 1 atom stereocenters. The highest BCUT2D eigenvalue weighted by atomic mass is 32.1. The number of carboxylic acid groups (broad SMARTS) is 1. The maximum absolute atomic E-state index is 11.7. The molecule has 0 spiro atoms. The Morgan fingerprint density at radius 2 is 2.00 bits per heavy atom. The quantitative estimate of drug-likeness (QED) is 0.556. The summed E-state index contributed by atoms with van der Waals surface area (Å²) in [5.41, 5.74) is 0. The van der Waals surface area contributed by atoms with Crippen LogP contribution in [0.2, 0.25) is 0 Å². The number of hydrogen-bond donors (Lipinski definition) is 4. The molecule has 0 aliphatic heterocycles. The lowest BCUT2D eigenvalue weighted by Gasteiger charge is -2.14. The Balaban J connectivity index is 1.69. The molecule has 1 aromatic rings. The molecule has 1 unspecified atom stereocenters. The maximum Gasteiger partial charge on any atom is 0.331 e. The van der Waals surface area contributed by atoms with E-state index in [4.69, 9.17) is 5.11 Å². The smallest absolute Gasteiger partial charge is 0.331 e. The largest absolute Gasteiger partial charge is 0.479 e. The molecule has 1 saturated carbocycles. The number of urea groups is 1. The molecule has 0 radical (unpaired) electrons. The molecule has 2 rings (SSSR count). The Bertz CT molecular complexity index is 513. The SMILES string of the molecule is O=C(NCCNC(=O)C1CC1)NC(C(=O)O)c1cccs1. The summed E-state index contributed by atoms with van der Waals surface area (Å²) < 4.78 is 0. The number of rotatable bonds is 7. The fraction of sp³-hybridized carbons (Fsp3) is 0.462. The van der Waals surface area contributed by atoms with Crippen molar-refractivity contribution in [2.75, 3.05) is 13.1 Å². The van der Waals surface area contributed by atoms with E-state index in [9.17, 15) is 14.4 Å². The zero-order chi connectivity index (χ0) is 15.2. The van der Waals surface area contributed by atoms with E-state index in [2.05, 4.69) is 16.0 Å². The predicted molar refractivity (Wildman–Crippen MR) is 77.0 cm³/mol. The summed E-state index contributed by atoms with van der Waals surface area (Å²) in [4.78, 5) is 34.7. The van der Waals surface area contributed by atoms with Crippen molar-refractivity contribution < 1.29 is 19.5 Å². The van der Waals surface area contributed by atoms with Crippen LogP contribution in [0.4, 0.5) is 4.79 Å². The highest BCUT2D eigenvalue weighted by Crippen LogP contribution is 2.28. The molecule has 1 aromatic heterocycles. The van der Waals surface area contributed by atoms with Crippen molar-refractivity contribution in [3.8, 4) is 0 Å². The van der Waals surface area contributed by atoms with E-state index >= 15 is 0 Å². The van der Waals surface area contributed by atoms with Crippen LogP contribution in [0.25, 0.3) is 0 Å². The van der Waals surface area contributed by atoms with Gasteiger partial charge in [0.2, 0.25) is 5.91 Å². The zero-order valence-corrected chi connectivity index (χ0v) is 12.1. The fourth-order valence-corrected chi connectivity index (χ4v) is 2.51. The van der Waals surface area contributed by atoms with Crippen LogP contribution in [0.5, 0.6) is 0 Å². The summed E-state index contributed by atoms with van der Waals surface area (Å²) in [5, 5.41) is 18.5. The summed E-state index contributed by atoms with van der Waals surface area (Å²) in [5.74, 6) is -0.970. The van der Waals surface area contributed by atoms with Crippen LogP contribution in [0.1, 0.15) is 23.8 Å². The summed E-state index contributed by atoms with van der Waals surface area (Å²) in [6.07, 6.45) is 1.86. The number of nitrogens with one attached hydrogen (secondary N) is 3. The van der Waals surface area contributed by atoms with Gasteiger partial charge in [-0.15, -0.1) is 11.3 Å². The average Bonchev–Trinajstić information content (AvgIpc) is 3.16. The lowest BCUT2D eigenvalue weighted by Crippen LogP contribution is -2.43. The van der Waals surface area contributed by atoms with Gasteiger partial charge in [0.25, 0.3) is 0 Å². The van der Waals surface area contributed by atoms with Gasteiger partial charge in [0.15, 0.2) is 6.04 Å². The maximum atomic E-state index is 11.7. The Kier molecular flexibility index (Phi) is 5.15. The average molecular weight is 311 g/mol. The number of hydrogen-bond acceptors (Lipinski definition) is 4. The first-order chi connectivity index (χ1) is 10.1. The van der Waals surface area contributed by atoms with Gasteiger partial charge in [-0.3, -0.25) is 4.79 Å². The minimum absolute atomic E-state index is 0.0132. The van der Waals surface area contributed by atoms with Gasteiger partial charge in [0.1, 0.15) is 0 Å². The number of carboxylic acids is 1. The number of aliphatic carboxylic acids is 1. The van der Waals surface area contributed by atoms with Crippen LogP contribution < -0.4 is 16.0 Å². The van der Waals surface area contributed by atoms with Crippen molar-refractivity contribution in [2.45, 2.75) is 18.9 Å². The van der Waals surface area contributed by atoms with E-state index in [-0.39, 0.29) is 18.4 Å². The molecular weight excluding hydrogens is 294 g/mol.